The van der Waals surface area contributed by atoms with E-state index < -0.39 is 29.6 Å². The van der Waals surface area contributed by atoms with Crippen molar-refractivity contribution in [1.82, 2.24) is 0 Å². The summed E-state index contributed by atoms with van der Waals surface area (Å²) in [5.41, 5.74) is -0.629. The highest BCUT2D eigenvalue weighted by Gasteiger charge is 2.53. The van der Waals surface area contributed by atoms with Gasteiger partial charge < -0.3 is 24.6 Å². The maximum absolute atomic E-state index is 13.5. The average Bonchev–Trinajstić information content (AvgIpc) is 3.03. The van der Waals surface area contributed by atoms with Crippen molar-refractivity contribution in [3.8, 4) is 0 Å². The molecule has 1 saturated heterocycles. The first kappa shape index (κ1) is 26.4. The Labute approximate surface area is 204 Å². The molecule has 2 aliphatic heterocycles. The molecule has 2 heterocycles. The fourth-order valence-corrected chi connectivity index (χ4v) is 4.45. The van der Waals surface area contributed by atoms with E-state index in [4.69, 9.17) is 9.84 Å². The molecule has 0 spiro atoms. The lowest BCUT2D eigenvalue weighted by atomic mass is 9.82. The molecule has 2 N–H and O–H groups in total. The number of methoxy groups -OCH3 is 1. The van der Waals surface area contributed by atoms with Crippen LogP contribution in [0.3, 0.4) is 0 Å². The van der Waals surface area contributed by atoms with Gasteiger partial charge in [0.25, 0.3) is 5.91 Å². The van der Waals surface area contributed by atoms with Gasteiger partial charge in [0.15, 0.2) is 11.8 Å². The first-order valence-corrected chi connectivity index (χ1v) is 11.7. The number of esters is 2. The number of amides is 2. The number of nitrogens with zero attached hydrogens (tertiary/aromatic N) is 2. The van der Waals surface area contributed by atoms with Crippen LogP contribution in [-0.4, -0.2) is 60.5 Å². The zero-order valence-corrected chi connectivity index (χ0v) is 20.2. The Kier molecular flexibility index (Phi) is 8.29. The zero-order valence-electron chi connectivity index (χ0n) is 20.2. The third kappa shape index (κ3) is 5.23. The largest absolute Gasteiger partial charge is 0.469 e. The van der Waals surface area contributed by atoms with Gasteiger partial charge in [0.2, 0.25) is 5.91 Å². The summed E-state index contributed by atoms with van der Waals surface area (Å²) < 4.78 is 9.85. The van der Waals surface area contributed by atoms with E-state index in [2.05, 4.69) is 4.74 Å². The topological polar surface area (TPSA) is 134 Å². The predicted molar refractivity (Wildman–Crippen MR) is 126 cm³/mol. The van der Waals surface area contributed by atoms with Crippen LogP contribution in [0.5, 0.6) is 0 Å². The summed E-state index contributed by atoms with van der Waals surface area (Å²) in [5, 5.41) is 20.8. The number of rotatable bonds is 11. The lowest BCUT2D eigenvalue weighted by molar-refractivity contribution is -0.154. The van der Waals surface area contributed by atoms with Crippen LogP contribution in [0.25, 0.3) is 0 Å². The highest BCUT2D eigenvalue weighted by molar-refractivity contribution is 6.08. The average molecular weight is 489 g/mol. The molecular weight excluding hydrogens is 456 g/mol. The second-order valence-electron chi connectivity index (χ2n) is 8.72. The van der Waals surface area contributed by atoms with Crippen LogP contribution < -0.4 is 9.80 Å². The summed E-state index contributed by atoms with van der Waals surface area (Å²) in [6.07, 6.45) is 4.35. The number of β-lactam (4-membered cyclic amide) rings is 1. The predicted octanol–water partition coefficient (Wildman–Crippen LogP) is 1.76. The summed E-state index contributed by atoms with van der Waals surface area (Å²) in [5.74, 6) is -2.22. The van der Waals surface area contributed by atoms with Gasteiger partial charge in [-0.25, -0.2) is 0 Å². The Morgan fingerprint density at radius 2 is 2.03 bits per heavy atom. The minimum atomic E-state index is -1.90. The molecule has 10 heteroatoms. The van der Waals surface area contributed by atoms with Crippen LogP contribution >= 0.6 is 0 Å². The van der Waals surface area contributed by atoms with E-state index in [-0.39, 0.29) is 37.9 Å². The first-order valence-electron chi connectivity index (χ1n) is 11.7. The molecule has 0 aliphatic carbocycles. The fourth-order valence-electron chi connectivity index (χ4n) is 4.45. The monoisotopic (exact) mass is 488 g/mol. The number of aliphatic hydroxyl groups is 2. The molecule has 0 saturated carbocycles. The third-order valence-corrected chi connectivity index (χ3v) is 6.36. The van der Waals surface area contributed by atoms with Gasteiger partial charge in [-0.3, -0.25) is 24.1 Å². The number of hydrogen-bond acceptors (Lipinski definition) is 8. The Morgan fingerprint density at radius 1 is 1.29 bits per heavy atom. The van der Waals surface area contributed by atoms with Gasteiger partial charge in [0, 0.05) is 43.7 Å². The van der Waals surface area contributed by atoms with Crippen molar-refractivity contribution in [1.29, 1.82) is 0 Å². The van der Waals surface area contributed by atoms with E-state index in [1.165, 1.54) is 23.8 Å². The van der Waals surface area contributed by atoms with E-state index in [0.29, 0.717) is 36.2 Å². The second-order valence-corrected chi connectivity index (χ2v) is 8.72. The molecule has 2 amide bonds. The van der Waals surface area contributed by atoms with E-state index in [9.17, 15) is 24.3 Å². The Bertz CT molecular complexity index is 1020. The molecule has 0 radical (unpaired) electrons. The van der Waals surface area contributed by atoms with Gasteiger partial charge >= 0.3 is 11.9 Å². The summed E-state index contributed by atoms with van der Waals surface area (Å²) in [4.78, 5) is 51.5. The molecule has 35 heavy (non-hydrogen) atoms. The van der Waals surface area contributed by atoms with Gasteiger partial charge in [-0.2, -0.15) is 0 Å². The maximum atomic E-state index is 13.5. The van der Waals surface area contributed by atoms with Crippen LogP contribution in [0, 0.1) is 5.92 Å². The Balaban J connectivity index is 1.94. The Morgan fingerprint density at radius 3 is 2.66 bits per heavy atom. The molecule has 1 aromatic rings. The molecule has 1 fully saturated rings. The van der Waals surface area contributed by atoms with E-state index in [0.717, 1.165) is 0 Å². The summed E-state index contributed by atoms with van der Waals surface area (Å²) in [6.45, 7) is 3.20. The smallest absolute Gasteiger partial charge is 0.305 e. The standard InChI is InChI=1S/C25H32N2O8/c1-16(8-5-7-13-28)25(33)19-14-18(27-21(30)15-22(27)35-17(2)29)10-11-20(19)26(24(25)32)12-6-4-9-23(31)34-3/h5,8,10-11,14,16,22,28,33H,4,6-7,9,12-13,15H2,1-3H3/b8-5+/t16-,22?,25+/m0/s1. The number of carbonyl (C=O) groups is 4. The minimum Gasteiger partial charge on any atom is -0.469 e. The second kappa shape index (κ2) is 11.0. The number of fused-ring (bicyclic) bond motifs is 1. The first-order chi connectivity index (χ1) is 16.6. The summed E-state index contributed by atoms with van der Waals surface area (Å²) in [7, 11) is 1.32. The number of ether oxygens (including phenoxy) is 2. The van der Waals surface area contributed by atoms with Crippen LogP contribution in [0.4, 0.5) is 11.4 Å². The lowest BCUT2D eigenvalue weighted by Gasteiger charge is -2.39. The molecule has 3 rings (SSSR count). The van der Waals surface area contributed by atoms with E-state index >= 15 is 0 Å². The number of unbranched alkanes of at least 4 members (excludes halogenated alkanes) is 1. The highest BCUT2D eigenvalue weighted by Crippen LogP contribution is 2.47. The number of anilines is 2. The van der Waals surface area contributed by atoms with Crippen LogP contribution in [-0.2, 0) is 34.3 Å². The number of benzene rings is 1. The number of aliphatic hydroxyl groups excluding tert-OH is 1. The van der Waals surface area contributed by atoms with Crippen molar-refractivity contribution in [3.63, 3.8) is 0 Å². The van der Waals surface area contributed by atoms with Crippen molar-refractivity contribution in [2.75, 3.05) is 30.1 Å². The van der Waals surface area contributed by atoms with Crippen molar-refractivity contribution >= 4 is 35.1 Å². The molecule has 0 aromatic heterocycles. The van der Waals surface area contributed by atoms with Crippen molar-refractivity contribution in [2.24, 2.45) is 5.92 Å². The zero-order chi connectivity index (χ0) is 25.8. The lowest BCUT2D eigenvalue weighted by Crippen LogP contribution is -2.55. The molecule has 0 bridgehead atoms. The molecule has 2 aliphatic rings. The maximum Gasteiger partial charge on any atom is 0.305 e. The van der Waals surface area contributed by atoms with Crippen LogP contribution in [0.2, 0.25) is 0 Å². The van der Waals surface area contributed by atoms with Gasteiger partial charge in [0.1, 0.15) is 0 Å². The van der Waals surface area contributed by atoms with Crippen LogP contribution in [0.1, 0.15) is 51.5 Å². The highest BCUT2D eigenvalue weighted by atomic mass is 16.6. The molecular formula is C25H32N2O8. The number of hydrogen-bond donors (Lipinski definition) is 2. The summed E-state index contributed by atoms with van der Waals surface area (Å²) >= 11 is 0. The summed E-state index contributed by atoms with van der Waals surface area (Å²) in [6, 6.07) is 4.91. The Hall–Kier alpha value is -3.24. The van der Waals surface area contributed by atoms with Gasteiger partial charge in [-0.1, -0.05) is 19.1 Å². The molecule has 190 valence electrons. The van der Waals surface area contributed by atoms with Crippen molar-refractivity contribution in [2.45, 2.75) is 57.8 Å². The van der Waals surface area contributed by atoms with Gasteiger partial charge in [-0.05, 0) is 37.5 Å². The van der Waals surface area contributed by atoms with Crippen LogP contribution in [0.15, 0.2) is 30.4 Å². The normalized spacial score (nSPS) is 22.3. The number of carbonyl (C=O) groups excluding carboxylic acids is 4. The van der Waals surface area contributed by atoms with Crippen molar-refractivity contribution < 1.29 is 38.9 Å². The van der Waals surface area contributed by atoms with E-state index in [1.54, 1.807) is 37.3 Å². The molecule has 3 atom stereocenters. The SMILES string of the molecule is COC(=O)CCCCN1C(=O)[C@@](O)([C@@H](C)/C=C/CCO)c2cc(N3C(=O)CC3OC(C)=O)ccc21. The molecule has 10 nitrogen and oxygen atoms in total. The molecule has 1 unspecified atom stereocenters. The quantitative estimate of drug-likeness (QED) is 0.208. The molecule has 1 aromatic carbocycles. The van der Waals surface area contributed by atoms with Crippen molar-refractivity contribution in [3.05, 3.63) is 35.9 Å². The van der Waals surface area contributed by atoms with E-state index in [1.807, 2.05) is 0 Å². The van der Waals surface area contributed by atoms with Gasteiger partial charge in [0.05, 0.1) is 19.2 Å². The van der Waals surface area contributed by atoms with Gasteiger partial charge in [-0.15, -0.1) is 0 Å². The fraction of sp³-hybridized carbons (Fsp3) is 0.520. The third-order valence-electron chi connectivity index (χ3n) is 6.36. The minimum absolute atomic E-state index is 0.0583.